The molecule has 0 bridgehead atoms. The molecule has 2 saturated heterocycles. The molecule has 3 aromatic rings. The van der Waals surface area contributed by atoms with E-state index in [0.29, 0.717) is 34.9 Å². The normalized spacial score (nSPS) is 17.3. The molecule has 0 unspecified atom stereocenters. The maximum Gasteiger partial charge on any atom is 0.229 e. The van der Waals surface area contributed by atoms with E-state index in [1.807, 2.05) is 44.2 Å². The van der Waals surface area contributed by atoms with Gasteiger partial charge in [0.15, 0.2) is 5.82 Å². The van der Waals surface area contributed by atoms with E-state index < -0.39 is 7.14 Å². The first-order valence-corrected chi connectivity index (χ1v) is 17.1. The molecule has 0 atom stereocenters. The first kappa shape index (κ1) is 30.6. The fourth-order valence-corrected chi connectivity index (χ4v) is 7.75. The molecular weight excluding hydrogens is 571 g/mol. The third-order valence-corrected chi connectivity index (χ3v) is 11.9. The second kappa shape index (κ2) is 13.6. The molecule has 42 heavy (non-hydrogen) atoms. The van der Waals surface area contributed by atoms with Crippen LogP contribution in [-0.2, 0) is 4.57 Å². The zero-order valence-corrected chi connectivity index (χ0v) is 26.7. The molecule has 0 saturated carbocycles. The molecule has 2 aliphatic rings. The Hall–Kier alpha value is -2.88. The summed E-state index contributed by atoms with van der Waals surface area (Å²) in [6, 6.07) is 13.8. The Morgan fingerprint density at radius 1 is 0.905 bits per heavy atom. The number of benzene rings is 2. The first-order chi connectivity index (χ1) is 20.3. The van der Waals surface area contributed by atoms with E-state index in [4.69, 9.17) is 16.3 Å². The lowest BCUT2D eigenvalue weighted by atomic mass is 10.2. The Balaban J connectivity index is 1.28. The van der Waals surface area contributed by atoms with Gasteiger partial charge in [0.1, 0.15) is 17.9 Å². The summed E-state index contributed by atoms with van der Waals surface area (Å²) in [7, 11) is 1.34. The van der Waals surface area contributed by atoms with Crippen molar-refractivity contribution in [3.05, 3.63) is 53.7 Å². The molecular formula is C30H42ClN8O2P. The molecule has 3 heterocycles. The predicted octanol–water partition coefficient (Wildman–Crippen LogP) is 4.94. The maximum atomic E-state index is 13.5. The van der Waals surface area contributed by atoms with Crippen LogP contribution in [0.5, 0.6) is 5.75 Å². The molecule has 0 radical (unpaired) electrons. The van der Waals surface area contributed by atoms with Crippen LogP contribution in [0.4, 0.5) is 28.8 Å². The third-order valence-electron chi connectivity index (χ3n) is 8.29. The highest BCUT2D eigenvalue weighted by Gasteiger charge is 2.26. The molecule has 0 aliphatic carbocycles. The fraction of sp³-hybridized carbons (Fsp3) is 0.467. The molecule has 1 aromatic heterocycles. The van der Waals surface area contributed by atoms with Crippen molar-refractivity contribution in [2.24, 2.45) is 0 Å². The van der Waals surface area contributed by atoms with Gasteiger partial charge in [0.25, 0.3) is 0 Å². The lowest BCUT2D eigenvalue weighted by Crippen LogP contribution is -2.58. The van der Waals surface area contributed by atoms with E-state index in [2.05, 4.69) is 59.6 Å². The molecule has 2 fully saturated rings. The van der Waals surface area contributed by atoms with E-state index in [1.54, 1.807) is 13.3 Å². The van der Waals surface area contributed by atoms with Gasteiger partial charge in [0, 0.05) is 81.7 Å². The van der Waals surface area contributed by atoms with Gasteiger partial charge < -0.3 is 29.7 Å². The quantitative estimate of drug-likeness (QED) is 0.307. The largest absolute Gasteiger partial charge is 0.494 e. The van der Waals surface area contributed by atoms with Gasteiger partial charge in [-0.2, -0.15) is 4.98 Å². The molecule has 2 N–H and O–H groups in total. The molecule has 12 heteroatoms. The van der Waals surface area contributed by atoms with Crippen LogP contribution in [-0.4, -0.2) is 104 Å². The Kier molecular flexibility index (Phi) is 9.91. The van der Waals surface area contributed by atoms with Crippen LogP contribution in [0.2, 0.25) is 5.02 Å². The van der Waals surface area contributed by atoms with Gasteiger partial charge in [-0.1, -0.05) is 37.6 Å². The van der Waals surface area contributed by atoms with Gasteiger partial charge in [-0.25, -0.2) is 15.0 Å². The number of piperazine rings is 2. The van der Waals surface area contributed by atoms with Crippen LogP contribution >= 0.6 is 18.7 Å². The molecule has 226 valence electrons. The van der Waals surface area contributed by atoms with E-state index in [1.165, 1.54) is 0 Å². The lowest BCUT2D eigenvalue weighted by Gasteiger charge is -2.44. The molecule has 10 nitrogen and oxygen atoms in total. The molecule has 2 aromatic carbocycles. The van der Waals surface area contributed by atoms with E-state index in [-0.39, 0.29) is 0 Å². The highest BCUT2D eigenvalue weighted by atomic mass is 35.5. The summed E-state index contributed by atoms with van der Waals surface area (Å²) in [5.74, 6) is 1.52. The van der Waals surface area contributed by atoms with Crippen LogP contribution in [0.1, 0.15) is 13.8 Å². The topological polar surface area (TPSA) is 89.1 Å². The Labute approximate surface area is 254 Å². The number of para-hydroxylation sites is 1. The number of likely N-dealkylation sites (N-methyl/N-ethyl adjacent to an activating group) is 1. The van der Waals surface area contributed by atoms with Crippen molar-refractivity contribution < 1.29 is 9.30 Å². The number of nitrogens with one attached hydrogen (secondary N) is 2. The fourth-order valence-electron chi connectivity index (χ4n) is 5.56. The van der Waals surface area contributed by atoms with E-state index in [9.17, 15) is 4.57 Å². The number of hydrogen-bond acceptors (Lipinski definition) is 10. The number of rotatable bonds is 10. The van der Waals surface area contributed by atoms with Crippen molar-refractivity contribution >= 4 is 52.9 Å². The first-order valence-electron chi connectivity index (χ1n) is 14.7. The summed E-state index contributed by atoms with van der Waals surface area (Å²) in [4.78, 5) is 13.8. The minimum atomic E-state index is -2.52. The van der Waals surface area contributed by atoms with Crippen molar-refractivity contribution in [2.75, 3.05) is 94.4 Å². The number of nitrogens with zero attached hydrogens (tertiary/aromatic N) is 6. The zero-order chi connectivity index (χ0) is 29.7. The van der Waals surface area contributed by atoms with Crippen LogP contribution in [0.3, 0.4) is 0 Å². The van der Waals surface area contributed by atoms with E-state index in [0.717, 1.165) is 74.7 Å². The van der Waals surface area contributed by atoms with Gasteiger partial charge in [0.2, 0.25) is 5.95 Å². The average Bonchev–Trinajstić information content (AvgIpc) is 3.03. The van der Waals surface area contributed by atoms with Crippen LogP contribution in [0.15, 0.2) is 48.7 Å². The maximum absolute atomic E-state index is 13.5. The van der Waals surface area contributed by atoms with Crippen molar-refractivity contribution in [3.63, 3.8) is 0 Å². The number of anilines is 5. The number of methoxy groups -OCH3 is 1. The molecule has 0 spiro atoms. The minimum Gasteiger partial charge on any atom is -0.494 e. The summed E-state index contributed by atoms with van der Waals surface area (Å²) in [6.45, 7) is 12.3. The minimum absolute atomic E-state index is 0.371. The van der Waals surface area contributed by atoms with Crippen molar-refractivity contribution in [1.82, 2.24) is 24.9 Å². The van der Waals surface area contributed by atoms with Gasteiger partial charge in [-0.15, -0.1) is 0 Å². The van der Waals surface area contributed by atoms with Gasteiger partial charge >= 0.3 is 0 Å². The van der Waals surface area contributed by atoms with Crippen LogP contribution in [0.25, 0.3) is 0 Å². The zero-order valence-electron chi connectivity index (χ0n) is 25.0. The Morgan fingerprint density at radius 2 is 1.57 bits per heavy atom. The second-order valence-electron chi connectivity index (χ2n) is 10.8. The van der Waals surface area contributed by atoms with Crippen LogP contribution < -0.4 is 25.6 Å². The molecule has 5 rings (SSSR count). The molecule has 2 aliphatic heterocycles. The lowest BCUT2D eigenvalue weighted by molar-refractivity contribution is -0.0564. The van der Waals surface area contributed by atoms with E-state index >= 15 is 0 Å². The third kappa shape index (κ3) is 6.84. The summed E-state index contributed by atoms with van der Waals surface area (Å²) < 4.78 is 19.3. The van der Waals surface area contributed by atoms with Crippen molar-refractivity contribution in [1.29, 1.82) is 0 Å². The number of aromatic nitrogens is 2. The predicted molar refractivity (Wildman–Crippen MR) is 174 cm³/mol. The number of halogens is 1. The highest BCUT2D eigenvalue weighted by Crippen LogP contribution is 2.46. The Morgan fingerprint density at radius 3 is 2.24 bits per heavy atom. The average molecular weight is 613 g/mol. The van der Waals surface area contributed by atoms with Gasteiger partial charge in [-0.3, -0.25) is 0 Å². The van der Waals surface area contributed by atoms with Gasteiger partial charge in [0.05, 0.1) is 24.7 Å². The number of hydrazine groups is 1. The van der Waals surface area contributed by atoms with Crippen LogP contribution in [0, 0.1) is 0 Å². The summed E-state index contributed by atoms with van der Waals surface area (Å²) in [6.07, 6.45) is 2.74. The monoisotopic (exact) mass is 612 g/mol. The SMILES string of the molecule is CCP(=O)(CC)c1ccccc1Nc1nc(Nc2ccc(N3CCN(N4CCN(C)CC4)CC3)cc2OC)ncc1Cl. The number of ether oxygens (including phenoxy) is 1. The van der Waals surface area contributed by atoms with Gasteiger partial charge in [-0.05, 0) is 31.3 Å². The summed E-state index contributed by atoms with van der Waals surface area (Å²) >= 11 is 6.49. The summed E-state index contributed by atoms with van der Waals surface area (Å²) in [5, 5.41) is 12.8. The Bertz CT molecular complexity index is 1400. The van der Waals surface area contributed by atoms with Crippen molar-refractivity contribution in [2.45, 2.75) is 13.8 Å². The second-order valence-corrected chi connectivity index (χ2v) is 14.7. The number of hydrogen-bond donors (Lipinski definition) is 2. The smallest absolute Gasteiger partial charge is 0.229 e. The standard InChI is InChI=1S/C30H42ClN8O2P/c1-5-42(40,6-2)28-10-8-7-9-26(28)33-29-24(31)22-32-30(35-29)34-25-12-11-23(21-27(25)41-4)37-15-19-39(20-16-37)38-17-13-36(3)14-18-38/h7-12,21-22H,5-6,13-20H2,1-4H3,(H2,32,33,34,35). The van der Waals surface area contributed by atoms with Crippen molar-refractivity contribution in [3.8, 4) is 5.75 Å². The summed E-state index contributed by atoms with van der Waals surface area (Å²) in [5.41, 5.74) is 2.63. The molecule has 0 amide bonds. The highest BCUT2D eigenvalue weighted by molar-refractivity contribution is 7.71.